The van der Waals surface area contributed by atoms with E-state index in [4.69, 9.17) is 4.98 Å². The quantitative estimate of drug-likeness (QED) is 0.281. The van der Waals surface area contributed by atoms with Crippen LogP contribution in [0.25, 0.3) is 33.3 Å². The smallest absolute Gasteiger partial charge is 0.231 e. The van der Waals surface area contributed by atoms with Gasteiger partial charge in [0.2, 0.25) is 5.91 Å². The van der Waals surface area contributed by atoms with E-state index in [0.717, 1.165) is 39.8 Å². The third-order valence-electron chi connectivity index (χ3n) is 6.42. The van der Waals surface area contributed by atoms with Gasteiger partial charge in [-0.15, -0.1) is 0 Å². The number of aromatic nitrogens is 1. The lowest BCUT2D eigenvalue weighted by Crippen LogP contribution is -2.20. The summed E-state index contributed by atoms with van der Waals surface area (Å²) in [4.78, 5) is 17.9. The van der Waals surface area contributed by atoms with E-state index in [1.54, 1.807) is 0 Å². The van der Waals surface area contributed by atoms with Crippen LogP contribution in [0.2, 0.25) is 0 Å². The van der Waals surface area contributed by atoms with Crippen LogP contribution in [0.4, 0.5) is 5.69 Å². The van der Waals surface area contributed by atoms with Crippen LogP contribution in [0, 0.1) is 6.92 Å². The Balaban J connectivity index is 1.45. The maximum absolute atomic E-state index is 13.0. The fourth-order valence-electron chi connectivity index (χ4n) is 4.56. The van der Waals surface area contributed by atoms with E-state index in [9.17, 15) is 4.79 Å². The molecular weight excluding hydrogens is 428 g/mol. The molecule has 0 spiro atoms. The number of nitrogens with one attached hydrogen (secondary N) is 1. The summed E-state index contributed by atoms with van der Waals surface area (Å²) in [5.74, 6) is -0.160. The highest BCUT2D eigenvalue weighted by Crippen LogP contribution is 2.33. The standard InChI is InChI=1S/C32H28N2O/c1-3-27(23-10-6-4-7-11-23)32(35)33-26-17-15-25(16-18-26)31-21-28(24-12-8-5-9-13-24)29-20-22(2)14-19-30(29)34-31/h4-21,27H,3H2,1-2H3,(H,33,35). The minimum atomic E-state index is -0.171. The average Bonchev–Trinajstić information content (AvgIpc) is 2.90. The van der Waals surface area contributed by atoms with Gasteiger partial charge in [0.1, 0.15) is 0 Å². The van der Waals surface area contributed by atoms with Crippen LogP contribution in [0.15, 0.2) is 109 Å². The monoisotopic (exact) mass is 456 g/mol. The first-order chi connectivity index (χ1) is 17.1. The molecule has 1 aromatic heterocycles. The zero-order chi connectivity index (χ0) is 24.2. The normalized spacial score (nSPS) is 11.8. The minimum Gasteiger partial charge on any atom is -0.326 e. The van der Waals surface area contributed by atoms with Gasteiger partial charge in [0, 0.05) is 16.6 Å². The van der Waals surface area contributed by atoms with Gasteiger partial charge in [-0.05, 0) is 60.4 Å². The predicted octanol–water partition coefficient (Wildman–Crippen LogP) is 8.01. The number of fused-ring (bicyclic) bond motifs is 1. The van der Waals surface area contributed by atoms with Crippen LogP contribution < -0.4 is 5.32 Å². The fourth-order valence-corrected chi connectivity index (χ4v) is 4.56. The lowest BCUT2D eigenvalue weighted by Gasteiger charge is -2.16. The number of hydrogen-bond acceptors (Lipinski definition) is 2. The summed E-state index contributed by atoms with van der Waals surface area (Å²) >= 11 is 0. The summed E-state index contributed by atoms with van der Waals surface area (Å²) < 4.78 is 0. The molecule has 3 nitrogen and oxygen atoms in total. The Kier molecular flexibility index (Phi) is 6.40. The molecule has 0 radical (unpaired) electrons. The van der Waals surface area contributed by atoms with Crippen molar-refractivity contribution in [2.45, 2.75) is 26.2 Å². The van der Waals surface area contributed by atoms with Gasteiger partial charge in [-0.3, -0.25) is 4.79 Å². The Bertz CT molecular complexity index is 1460. The predicted molar refractivity (Wildman–Crippen MR) is 145 cm³/mol. The molecule has 35 heavy (non-hydrogen) atoms. The first-order valence-electron chi connectivity index (χ1n) is 12.1. The number of nitrogens with zero attached hydrogens (tertiary/aromatic N) is 1. The number of amides is 1. The molecule has 1 heterocycles. The van der Waals surface area contributed by atoms with Crippen molar-refractivity contribution >= 4 is 22.5 Å². The van der Waals surface area contributed by atoms with Crippen LogP contribution in [0.1, 0.15) is 30.4 Å². The van der Waals surface area contributed by atoms with Gasteiger partial charge >= 0.3 is 0 Å². The molecule has 1 N–H and O–H groups in total. The molecule has 0 saturated heterocycles. The number of carbonyl (C=O) groups excluding carboxylic acids is 1. The summed E-state index contributed by atoms with van der Waals surface area (Å²) in [7, 11) is 0. The Morgan fingerprint density at radius 3 is 2.17 bits per heavy atom. The van der Waals surface area contributed by atoms with E-state index in [1.807, 2.05) is 67.6 Å². The highest BCUT2D eigenvalue weighted by molar-refractivity contribution is 5.98. The van der Waals surface area contributed by atoms with E-state index >= 15 is 0 Å². The largest absolute Gasteiger partial charge is 0.326 e. The summed E-state index contributed by atoms with van der Waals surface area (Å²) in [6.07, 6.45) is 0.747. The molecule has 0 aliphatic heterocycles. The summed E-state index contributed by atoms with van der Waals surface area (Å²) in [5.41, 5.74) is 8.26. The first-order valence-corrected chi connectivity index (χ1v) is 12.1. The van der Waals surface area contributed by atoms with Crippen LogP contribution in [-0.4, -0.2) is 10.9 Å². The maximum Gasteiger partial charge on any atom is 0.231 e. The van der Waals surface area contributed by atoms with Crippen molar-refractivity contribution in [1.82, 2.24) is 4.98 Å². The molecule has 1 amide bonds. The number of aryl methyl sites for hydroxylation is 1. The average molecular weight is 457 g/mol. The maximum atomic E-state index is 13.0. The molecule has 0 bridgehead atoms. The molecule has 172 valence electrons. The highest BCUT2D eigenvalue weighted by Gasteiger charge is 2.18. The molecular formula is C32H28N2O. The second-order valence-electron chi connectivity index (χ2n) is 8.88. The van der Waals surface area contributed by atoms with Gasteiger partial charge in [-0.2, -0.15) is 0 Å². The van der Waals surface area contributed by atoms with Gasteiger partial charge in [0.25, 0.3) is 0 Å². The van der Waals surface area contributed by atoms with Gasteiger partial charge < -0.3 is 5.32 Å². The van der Waals surface area contributed by atoms with E-state index in [1.165, 1.54) is 16.7 Å². The fraction of sp³-hybridized carbons (Fsp3) is 0.125. The van der Waals surface area contributed by atoms with Gasteiger partial charge in [0.15, 0.2) is 0 Å². The Morgan fingerprint density at radius 1 is 0.800 bits per heavy atom. The van der Waals surface area contributed by atoms with Crippen molar-refractivity contribution in [3.8, 4) is 22.4 Å². The Hall–Kier alpha value is -4.24. The molecule has 0 aliphatic carbocycles. The van der Waals surface area contributed by atoms with Gasteiger partial charge in [0.05, 0.1) is 17.1 Å². The molecule has 5 rings (SSSR count). The van der Waals surface area contributed by atoms with E-state index in [0.29, 0.717) is 0 Å². The number of pyridine rings is 1. The SMILES string of the molecule is CCC(C(=O)Nc1ccc(-c2cc(-c3ccccc3)c3cc(C)ccc3n2)cc1)c1ccccc1. The van der Waals surface area contributed by atoms with Crippen LogP contribution >= 0.6 is 0 Å². The Morgan fingerprint density at radius 2 is 1.49 bits per heavy atom. The molecule has 5 aromatic rings. The topological polar surface area (TPSA) is 42.0 Å². The summed E-state index contributed by atoms with van der Waals surface area (Å²) in [6.45, 7) is 4.15. The number of carbonyl (C=O) groups is 1. The third kappa shape index (κ3) is 4.85. The van der Waals surface area contributed by atoms with E-state index in [2.05, 4.69) is 60.8 Å². The van der Waals surface area contributed by atoms with Crippen molar-refractivity contribution in [1.29, 1.82) is 0 Å². The zero-order valence-electron chi connectivity index (χ0n) is 20.0. The van der Waals surface area contributed by atoms with Crippen LogP contribution in [0.5, 0.6) is 0 Å². The van der Waals surface area contributed by atoms with Crippen molar-refractivity contribution < 1.29 is 4.79 Å². The number of rotatable bonds is 6. The molecule has 4 aromatic carbocycles. The summed E-state index contributed by atoms with van der Waals surface area (Å²) in [6, 6.07) is 36.9. The molecule has 0 saturated carbocycles. The van der Waals surface area contributed by atoms with Crippen molar-refractivity contribution in [2.75, 3.05) is 5.32 Å². The third-order valence-corrected chi connectivity index (χ3v) is 6.42. The molecule has 3 heteroatoms. The second-order valence-corrected chi connectivity index (χ2v) is 8.88. The Labute approximate surface area is 206 Å². The minimum absolute atomic E-state index is 0.0111. The molecule has 0 aliphatic rings. The van der Waals surface area contributed by atoms with Crippen molar-refractivity contribution in [3.63, 3.8) is 0 Å². The van der Waals surface area contributed by atoms with Crippen LogP contribution in [-0.2, 0) is 4.79 Å². The van der Waals surface area contributed by atoms with Crippen molar-refractivity contribution in [3.05, 3.63) is 120 Å². The zero-order valence-corrected chi connectivity index (χ0v) is 20.0. The lowest BCUT2D eigenvalue weighted by molar-refractivity contribution is -0.117. The van der Waals surface area contributed by atoms with Crippen LogP contribution in [0.3, 0.4) is 0 Å². The lowest BCUT2D eigenvalue weighted by atomic mass is 9.95. The molecule has 0 fully saturated rings. The highest BCUT2D eigenvalue weighted by atomic mass is 16.1. The van der Waals surface area contributed by atoms with Gasteiger partial charge in [-0.1, -0.05) is 91.3 Å². The molecule has 1 atom stereocenters. The molecule has 1 unspecified atom stereocenters. The van der Waals surface area contributed by atoms with E-state index < -0.39 is 0 Å². The van der Waals surface area contributed by atoms with Crippen molar-refractivity contribution in [2.24, 2.45) is 0 Å². The summed E-state index contributed by atoms with van der Waals surface area (Å²) in [5, 5.41) is 4.23. The first kappa shape index (κ1) is 22.5. The van der Waals surface area contributed by atoms with Gasteiger partial charge in [-0.25, -0.2) is 4.98 Å². The number of anilines is 1. The number of benzene rings is 4. The van der Waals surface area contributed by atoms with E-state index in [-0.39, 0.29) is 11.8 Å². The second kappa shape index (κ2) is 9.94. The number of hydrogen-bond donors (Lipinski definition) is 1.